The number of carbonyl (C=O) groups excluding carboxylic acids is 1. The fourth-order valence-electron chi connectivity index (χ4n) is 6.66. The van der Waals surface area contributed by atoms with E-state index in [-0.39, 0.29) is 23.8 Å². The topological polar surface area (TPSA) is 109 Å². The van der Waals surface area contributed by atoms with E-state index >= 15 is 0 Å². The van der Waals surface area contributed by atoms with Gasteiger partial charge in [-0.1, -0.05) is 41.9 Å². The van der Waals surface area contributed by atoms with E-state index in [0.29, 0.717) is 44.0 Å². The van der Waals surface area contributed by atoms with E-state index in [1.54, 1.807) is 7.11 Å². The monoisotopic (exact) mass is 565 g/mol. The number of carbonyl (C=O) groups is 1. The maximum Gasteiger partial charge on any atom is 0.225 e. The number of rotatable bonds is 9. The molecule has 214 valence electrons. The summed E-state index contributed by atoms with van der Waals surface area (Å²) in [7, 11) is 1.68. The van der Waals surface area contributed by atoms with Crippen molar-refractivity contribution >= 4 is 28.4 Å². The highest BCUT2D eigenvalue weighted by atomic mass is 35.5. The minimum absolute atomic E-state index is 0.0310. The van der Waals surface area contributed by atoms with Gasteiger partial charge in [0.25, 0.3) is 0 Å². The lowest BCUT2D eigenvalue weighted by molar-refractivity contribution is -0.141. The summed E-state index contributed by atoms with van der Waals surface area (Å²) >= 11 is 6.88. The van der Waals surface area contributed by atoms with Crippen molar-refractivity contribution in [1.29, 1.82) is 0 Å². The Morgan fingerprint density at radius 1 is 1.20 bits per heavy atom. The number of hydrogen-bond donors (Lipinski definition) is 3. The van der Waals surface area contributed by atoms with Crippen LogP contribution < -0.4 is 5.73 Å². The van der Waals surface area contributed by atoms with Gasteiger partial charge in [-0.25, -0.2) is 0 Å². The second-order valence-corrected chi connectivity index (χ2v) is 11.9. The predicted molar refractivity (Wildman–Crippen MR) is 158 cm³/mol. The number of benzene rings is 2. The van der Waals surface area contributed by atoms with Crippen LogP contribution in [0.1, 0.15) is 50.5 Å². The maximum atomic E-state index is 13.5. The number of fused-ring (bicyclic) bond motifs is 1. The summed E-state index contributed by atoms with van der Waals surface area (Å²) < 4.78 is 5.29. The molecule has 1 aliphatic carbocycles. The number of methoxy groups -OCH3 is 1. The lowest BCUT2D eigenvalue weighted by Crippen LogP contribution is -2.49. The van der Waals surface area contributed by atoms with Gasteiger partial charge >= 0.3 is 0 Å². The molecule has 2 heterocycles. The van der Waals surface area contributed by atoms with E-state index in [9.17, 15) is 15.0 Å². The number of para-hydroxylation sites is 1. The highest BCUT2D eigenvalue weighted by molar-refractivity contribution is 6.33. The van der Waals surface area contributed by atoms with Crippen molar-refractivity contribution in [1.82, 2.24) is 9.88 Å². The lowest BCUT2D eigenvalue weighted by Gasteiger charge is -2.44. The Kier molecular flexibility index (Phi) is 9.08. The van der Waals surface area contributed by atoms with Gasteiger partial charge in [-0.3, -0.25) is 9.78 Å². The van der Waals surface area contributed by atoms with Gasteiger partial charge in [-0.05, 0) is 68.7 Å². The SMILES string of the molecule is COCCCC[C@@](O)(c1cccc(Cl)c1-c1cnc2ccccc2c1)[C@@H]1CCCN(C(=O)[C@H]2C[C@@H](N)[C@@H](O)C2)C1. The molecular weight excluding hydrogens is 526 g/mol. The van der Waals surface area contributed by atoms with Crippen molar-refractivity contribution < 1.29 is 19.7 Å². The van der Waals surface area contributed by atoms with Crippen molar-refractivity contribution in [3.63, 3.8) is 0 Å². The average Bonchev–Trinajstić information content (AvgIpc) is 3.32. The number of ether oxygens (including phenoxy) is 1. The molecule has 0 unspecified atom stereocenters. The molecule has 7 nitrogen and oxygen atoms in total. The van der Waals surface area contributed by atoms with E-state index in [2.05, 4.69) is 11.1 Å². The van der Waals surface area contributed by atoms with Gasteiger partial charge in [0.15, 0.2) is 0 Å². The van der Waals surface area contributed by atoms with Gasteiger partial charge in [-0.2, -0.15) is 0 Å². The summed E-state index contributed by atoms with van der Waals surface area (Å²) in [5.74, 6) is -0.425. The number of piperidine rings is 1. The molecule has 40 heavy (non-hydrogen) atoms. The van der Waals surface area contributed by atoms with Crippen molar-refractivity contribution in [3.05, 3.63) is 65.3 Å². The third kappa shape index (κ3) is 5.90. The third-order valence-electron chi connectivity index (χ3n) is 8.85. The quantitative estimate of drug-likeness (QED) is 0.319. The zero-order chi connectivity index (χ0) is 28.3. The van der Waals surface area contributed by atoms with Crippen LogP contribution in [0.25, 0.3) is 22.0 Å². The summed E-state index contributed by atoms with van der Waals surface area (Å²) in [6.07, 6.45) is 5.77. The fraction of sp³-hybridized carbons (Fsp3) is 0.500. The third-order valence-corrected chi connectivity index (χ3v) is 9.17. The first kappa shape index (κ1) is 29.0. The molecule has 3 aromatic rings. The lowest BCUT2D eigenvalue weighted by atomic mass is 9.72. The molecule has 2 aromatic carbocycles. The van der Waals surface area contributed by atoms with E-state index in [1.807, 2.05) is 53.6 Å². The number of nitrogens with two attached hydrogens (primary N) is 1. The van der Waals surface area contributed by atoms with Crippen LogP contribution in [0.15, 0.2) is 54.7 Å². The molecule has 0 spiro atoms. The van der Waals surface area contributed by atoms with Crippen molar-refractivity contribution in [2.45, 2.75) is 62.7 Å². The molecule has 4 N–H and O–H groups in total. The van der Waals surface area contributed by atoms with Crippen LogP contribution in [0.3, 0.4) is 0 Å². The van der Waals surface area contributed by atoms with Crippen molar-refractivity contribution in [3.8, 4) is 11.1 Å². The average molecular weight is 566 g/mol. The van der Waals surface area contributed by atoms with Crippen LogP contribution in [0.5, 0.6) is 0 Å². The molecule has 1 saturated heterocycles. The Morgan fingerprint density at radius 3 is 2.80 bits per heavy atom. The fourth-order valence-corrected chi connectivity index (χ4v) is 6.94. The zero-order valence-corrected chi connectivity index (χ0v) is 23.9. The van der Waals surface area contributed by atoms with Crippen molar-refractivity contribution in [2.24, 2.45) is 17.6 Å². The number of halogens is 1. The summed E-state index contributed by atoms with van der Waals surface area (Å²) in [6.45, 7) is 1.71. The summed E-state index contributed by atoms with van der Waals surface area (Å²) in [5, 5.41) is 24.4. The molecule has 1 amide bonds. The van der Waals surface area contributed by atoms with Crippen LogP contribution in [-0.4, -0.2) is 65.0 Å². The van der Waals surface area contributed by atoms with Gasteiger partial charge < -0.3 is 25.6 Å². The number of pyridine rings is 1. The van der Waals surface area contributed by atoms with Gasteiger partial charge in [0.2, 0.25) is 5.91 Å². The Hall–Kier alpha value is -2.55. The number of hydrogen-bond acceptors (Lipinski definition) is 6. The Bertz CT molecular complexity index is 1330. The molecule has 2 fully saturated rings. The van der Waals surface area contributed by atoms with Gasteiger partial charge in [0.1, 0.15) is 0 Å². The van der Waals surface area contributed by atoms with Crippen molar-refractivity contribution in [2.75, 3.05) is 26.8 Å². The molecular formula is C32H40ClN3O4. The largest absolute Gasteiger partial charge is 0.391 e. The van der Waals surface area contributed by atoms with Crippen LogP contribution in [-0.2, 0) is 15.1 Å². The molecule has 0 bridgehead atoms. The molecule has 1 aliphatic heterocycles. The normalized spacial score (nSPS) is 24.8. The predicted octanol–water partition coefficient (Wildman–Crippen LogP) is 4.90. The highest BCUT2D eigenvalue weighted by Gasteiger charge is 2.44. The highest BCUT2D eigenvalue weighted by Crippen LogP contribution is 2.46. The van der Waals surface area contributed by atoms with E-state index in [1.165, 1.54) is 0 Å². The van der Waals surface area contributed by atoms with Crippen LogP contribution >= 0.6 is 11.6 Å². The molecule has 8 heteroatoms. The number of likely N-dealkylation sites (tertiary alicyclic amines) is 1. The van der Waals surface area contributed by atoms with E-state index in [4.69, 9.17) is 22.1 Å². The number of aliphatic hydroxyl groups is 2. The molecule has 1 aromatic heterocycles. The Balaban J connectivity index is 1.51. The zero-order valence-electron chi connectivity index (χ0n) is 23.1. The summed E-state index contributed by atoms with van der Waals surface area (Å²) in [6, 6.07) is 15.4. The molecule has 5 rings (SSSR count). The standard InChI is InChI=1S/C32H40ClN3O4/c1-40-15-5-4-13-32(39,24-9-7-14-36(20-24)31(38)22-17-27(34)29(37)18-22)25-10-6-11-26(33)30(25)23-16-21-8-2-3-12-28(21)35-19-23/h2-3,6,8,10-12,16,19,22,24,27,29,37,39H,4-5,7,9,13-15,17-18,20,34H2,1H3/t22-,24+,27+,29-,32-/m0/s1. The number of aromatic nitrogens is 1. The number of amides is 1. The molecule has 5 atom stereocenters. The first-order chi connectivity index (χ1) is 19.3. The Labute approximate surface area is 241 Å². The van der Waals surface area contributed by atoms with Gasteiger partial charge in [0.05, 0.1) is 17.2 Å². The van der Waals surface area contributed by atoms with E-state index < -0.39 is 11.7 Å². The minimum atomic E-state index is -1.22. The Morgan fingerprint density at radius 2 is 2.02 bits per heavy atom. The molecule has 1 saturated carbocycles. The summed E-state index contributed by atoms with van der Waals surface area (Å²) in [5.41, 5.74) is 8.11. The van der Waals surface area contributed by atoms with Gasteiger partial charge in [-0.15, -0.1) is 0 Å². The summed E-state index contributed by atoms with van der Waals surface area (Å²) in [4.78, 5) is 20.1. The van der Waals surface area contributed by atoms with Gasteiger partial charge in [0, 0.05) is 72.4 Å². The first-order valence-electron chi connectivity index (χ1n) is 14.4. The van der Waals surface area contributed by atoms with Crippen LogP contribution in [0, 0.1) is 11.8 Å². The first-order valence-corrected chi connectivity index (χ1v) is 14.8. The second-order valence-electron chi connectivity index (χ2n) is 11.5. The molecule has 2 aliphatic rings. The number of aliphatic hydroxyl groups excluding tert-OH is 1. The number of nitrogens with zero attached hydrogens (tertiary/aromatic N) is 2. The minimum Gasteiger partial charge on any atom is -0.391 e. The smallest absolute Gasteiger partial charge is 0.225 e. The number of unbranched alkanes of at least 4 members (excludes halogenated alkanes) is 1. The molecule has 0 radical (unpaired) electrons. The second kappa shape index (κ2) is 12.5. The maximum absolute atomic E-state index is 13.5. The van der Waals surface area contributed by atoms with Crippen LogP contribution in [0.2, 0.25) is 5.02 Å². The van der Waals surface area contributed by atoms with E-state index in [0.717, 1.165) is 53.3 Å². The van der Waals surface area contributed by atoms with Crippen LogP contribution in [0.4, 0.5) is 0 Å².